The van der Waals surface area contributed by atoms with Crippen LogP contribution >= 0.6 is 0 Å². The zero-order valence-corrected chi connectivity index (χ0v) is 6.07. The lowest BCUT2D eigenvalue weighted by atomic mass is 10.7. The molecule has 5 N–H and O–H groups in total. The average Bonchev–Trinajstić information content (AvgIpc) is 2.46. The largest absolute Gasteiger partial charge is 0.368 e. The first-order valence-electron chi connectivity index (χ1n) is 5.29. The monoisotopic (exact) mass is 170 g/mol. The standard InChI is InChI=1S/C6H10N6/c7-4-10-5(8)12-6(11-4)9-3-1-2-3/h3H,1-2H2,(H5,7,8,9,10,11,12)/i1D2,2D2. The molecule has 0 amide bonds. The molecule has 6 nitrogen and oxygen atoms in total. The smallest absolute Gasteiger partial charge is 0.229 e. The Morgan fingerprint density at radius 1 is 1.25 bits per heavy atom. The average molecular weight is 170 g/mol. The first-order chi connectivity index (χ1) is 7.25. The quantitative estimate of drug-likeness (QED) is 0.558. The minimum Gasteiger partial charge on any atom is -0.368 e. The molecular formula is C6H10N6. The molecule has 0 aliphatic heterocycles. The van der Waals surface area contributed by atoms with Crippen molar-refractivity contribution in [2.24, 2.45) is 0 Å². The molecule has 0 atom stereocenters. The van der Waals surface area contributed by atoms with Gasteiger partial charge in [-0.2, -0.15) is 15.0 Å². The van der Waals surface area contributed by atoms with Crippen LogP contribution in [0.15, 0.2) is 0 Å². The van der Waals surface area contributed by atoms with Crippen molar-refractivity contribution in [1.29, 1.82) is 0 Å². The Balaban J connectivity index is 2.18. The molecule has 0 aromatic carbocycles. The number of nitrogen functional groups attached to an aromatic ring is 2. The van der Waals surface area contributed by atoms with Crippen LogP contribution in [-0.2, 0) is 0 Å². The number of nitrogens with zero attached hydrogens (tertiary/aromatic N) is 3. The van der Waals surface area contributed by atoms with Crippen LogP contribution in [0.2, 0.25) is 0 Å². The molecule has 1 aliphatic carbocycles. The molecule has 6 heteroatoms. The van der Waals surface area contributed by atoms with E-state index >= 15 is 0 Å². The fourth-order valence-electron chi connectivity index (χ4n) is 0.717. The van der Waals surface area contributed by atoms with E-state index in [0.29, 0.717) is 0 Å². The summed E-state index contributed by atoms with van der Waals surface area (Å²) in [4.78, 5) is 10.9. The zero-order valence-electron chi connectivity index (χ0n) is 10.1. The van der Waals surface area contributed by atoms with E-state index in [-0.39, 0.29) is 17.8 Å². The van der Waals surface area contributed by atoms with Crippen LogP contribution in [0, 0.1) is 0 Å². The lowest BCUT2D eigenvalue weighted by molar-refractivity contribution is 1.02. The van der Waals surface area contributed by atoms with Crippen molar-refractivity contribution < 1.29 is 5.48 Å². The number of nitrogens with two attached hydrogens (primary N) is 2. The van der Waals surface area contributed by atoms with Crippen LogP contribution in [0.3, 0.4) is 0 Å². The molecule has 0 saturated heterocycles. The van der Waals surface area contributed by atoms with Crippen LogP contribution in [0.25, 0.3) is 0 Å². The van der Waals surface area contributed by atoms with Gasteiger partial charge in [0, 0.05) is 11.5 Å². The third kappa shape index (κ3) is 1.52. The van der Waals surface area contributed by atoms with E-state index in [1.165, 1.54) is 0 Å². The molecule has 2 rings (SSSR count). The van der Waals surface area contributed by atoms with E-state index in [9.17, 15) is 0 Å². The molecule has 1 aromatic rings. The second kappa shape index (κ2) is 2.47. The minimum atomic E-state index is -1.96. The number of rotatable bonds is 2. The SMILES string of the molecule is [2H]C1([2H])C(Nc2nc(N)nc(N)n2)C1([2H])[2H]. The summed E-state index contributed by atoms with van der Waals surface area (Å²) in [5, 5.41) is 2.51. The second-order valence-electron chi connectivity index (χ2n) is 2.24. The maximum absolute atomic E-state index is 7.36. The second-order valence-corrected chi connectivity index (χ2v) is 2.24. The van der Waals surface area contributed by atoms with Gasteiger partial charge in [0.1, 0.15) is 0 Å². The third-order valence-electron chi connectivity index (χ3n) is 1.23. The van der Waals surface area contributed by atoms with Crippen LogP contribution in [-0.4, -0.2) is 21.0 Å². The molecule has 0 radical (unpaired) electrons. The van der Waals surface area contributed by atoms with E-state index in [0.717, 1.165) is 0 Å². The van der Waals surface area contributed by atoms with Crippen molar-refractivity contribution in [2.45, 2.75) is 18.8 Å². The highest BCUT2D eigenvalue weighted by atomic mass is 15.2. The van der Waals surface area contributed by atoms with E-state index in [1.807, 2.05) is 0 Å². The Kier molecular flexibility index (Phi) is 0.799. The summed E-state index contributed by atoms with van der Waals surface area (Å²) in [5.41, 5.74) is 10.6. The Morgan fingerprint density at radius 2 is 1.83 bits per heavy atom. The van der Waals surface area contributed by atoms with E-state index in [1.54, 1.807) is 0 Å². The van der Waals surface area contributed by atoms with Gasteiger partial charge >= 0.3 is 0 Å². The predicted octanol–water partition coefficient (Wildman–Crippen LogP) is -0.390. The van der Waals surface area contributed by atoms with Gasteiger partial charge in [-0.15, -0.1) is 0 Å². The lowest BCUT2D eigenvalue weighted by Crippen LogP contribution is -2.10. The molecule has 12 heavy (non-hydrogen) atoms. The van der Waals surface area contributed by atoms with Crippen molar-refractivity contribution in [3.8, 4) is 0 Å². The molecule has 0 unspecified atom stereocenters. The Bertz CT molecular complexity index is 401. The summed E-state index contributed by atoms with van der Waals surface area (Å²) in [6.07, 6.45) is -3.91. The summed E-state index contributed by atoms with van der Waals surface area (Å²) in [5.74, 6) is -0.228. The van der Waals surface area contributed by atoms with Gasteiger partial charge in [-0.25, -0.2) is 0 Å². The zero-order chi connectivity index (χ0) is 12.1. The van der Waals surface area contributed by atoms with Crippen molar-refractivity contribution in [3.63, 3.8) is 0 Å². The summed E-state index contributed by atoms with van der Waals surface area (Å²) in [7, 11) is 0. The number of aromatic nitrogens is 3. The van der Waals surface area contributed by atoms with Crippen LogP contribution in [0.5, 0.6) is 0 Å². The van der Waals surface area contributed by atoms with E-state index < -0.39 is 18.8 Å². The maximum atomic E-state index is 7.36. The first kappa shape index (κ1) is 3.88. The van der Waals surface area contributed by atoms with Gasteiger partial charge in [0.2, 0.25) is 17.8 Å². The molecule has 0 spiro atoms. The molecule has 1 fully saturated rings. The fraction of sp³-hybridized carbons (Fsp3) is 0.500. The summed E-state index contributed by atoms with van der Waals surface area (Å²) in [6.45, 7) is 0. The van der Waals surface area contributed by atoms with Crippen molar-refractivity contribution in [1.82, 2.24) is 15.0 Å². The van der Waals surface area contributed by atoms with E-state index in [2.05, 4.69) is 20.3 Å². The molecule has 1 heterocycles. The van der Waals surface area contributed by atoms with Gasteiger partial charge in [0.15, 0.2) is 0 Å². The molecule has 0 bridgehead atoms. The normalized spacial score (nSPS) is 29.3. The van der Waals surface area contributed by atoms with Crippen LogP contribution < -0.4 is 16.8 Å². The highest BCUT2D eigenvalue weighted by molar-refractivity contribution is 5.38. The molecular weight excluding hydrogens is 156 g/mol. The van der Waals surface area contributed by atoms with Crippen LogP contribution in [0.1, 0.15) is 18.2 Å². The molecule has 1 saturated carbocycles. The summed E-state index contributed by atoms with van der Waals surface area (Å²) < 4.78 is 29.4. The maximum Gasteiger partial charge on any atom is 0.229 e. The number of nitrogens with one attached hydrogen (secondary N) is 1. The predicted molar refractivity (Wildman–Crippen MR) is 45.3 cm³/mol. The molecule has 64 valence electrons. The molecule has 1 aromatic heterocycles. The van der Waals surface area contributed by atoms with Crippen molar-refractivity contribution >= 4 is 17.8 Å². The summed E-state index contributed by atoms with van der Waals surface area (Å²) >= 11 is 0. The lowest BCUT2D eigenvalue weighted by Gasteiger charge is -2.02. The van der Waals surface area contributed by atoms with Gasteiger partial charge in [-0.3, -0.25) is 0 Å². The third-order valence-corrected chi connectivity index (χ3v) is 1.23. The minimum absolute atomic E-state index is 0.0275. The Morgan fingerprint density at radius 3 is 2.33 bits per heavy atom. The number of hydrogen-bond acceptors (Lipinski definition) is 6. The topological polar surface area (TPSA) is 103 Å². The highest BCUT2D eigenvalue weighted by Gasteiger charge is 2.22. The van der Waals surface area contributed by atoms with Gasteiger partial charge < -0.3 is 16.8 Å². The van der Waals surface area contributed by atoms with Crippen molar-refractivity contribution in [2.75, 3.05) is 16.8 Å². The van der Waals surface area contributed by atoms with Gasteiger partial charge in [0.25, 0.3) is 0 Å². The molecule has 1 aliphatic rings. The number of hydrogen-bond donors (Lipinski definition) is 3. The Labute approximate surface area is 75.0 Å². The van der Waals surface area contributed by atoms with Crippen LogP contribution in [0.4, 0.5) is 17.8 Å². The van der Waals surface area contributed by atoms with E-state index in [4.69, 9.17) is 17.0 Å². The van der Waals surface area contributed by atoms with Gasteiger partial charge in [0.05, 0.1) is 0 Å². The highest BCUT2D eigenvalue weighted by Crippen LogP contribution is 2.22. The van der Waals surface area contributed by atoms with Gasteiger partial charge in [-0.05, 0) is 12.7 Å². The number of anilines is 3. The Hall–Kier alpha value is -1.59. The van der Waals surface area contributed by atoms with Gasteiger partial charge in [-0.1, -0.05) is 0 Å². The van der Waals surface area contributed by atoms with Crippen molar-refractivity contribution in [3.05, 3.63) is 0 Å². The summed E-state index contributed by atoms with van der Waals surface area (Å²) in [6, 6.07) is -1.01. The first-order valence-corrected chi connectivity index (χ1v) is 3.29. The fourth-order valence-corrected chi connectivity index (χ4v) is 0.717.